The van der Waals surface area contributed by atoms with Crippen molar-refractivity contribution < 1.29 is 19.1 Å². The SMILES string of the molecule is CCN(CC(=O)Nc1ccccc1C(=O)NCC(C)C)Cc1ccc(OC)c(OC)c1. The average Bonchev–Trinajstić information content (AvgIpc) is 2.77. The minimum Gasteiger partial charge on any atom is -0.493 e. The maximum Gasteiger partial charge on any atom is 0.253 e. The lowest BCUT2D eigenvalue weighted by atomic mass is 10.1. The molecule has 2 rings (SSSR count). The third-order valence-corrected chi connectivity index (χ3v) is 4.79. The van der Waals surface area contributed by atoms with Crippen molar-refractivity contribution in [3.05, 3.63) is 53.6 Å². The van der Waals surface area contributed by atoms with Crippen LogP contribution in [0.4, 0.5) is 5.69 Å². The Kier molecular flexibility index (Phi) is 9.34. The van der Waals surface area contributed by atoms with Crippen LogP contribution in [0.2, 0.25) is 0 Å². The molecule has 0 saturated carbocycles. The summed E-state index contributed by atoms with van der Waals surface area (Å²) in [6.45, 7) is 8.13. The summed E-state index contributed by atoms with van der Waals surface area (Å²) in [7, 11) is 3.20. The molecule has 2 aromatic carbocycles. The summed E-state index contributed by atoms with van der Waals surface area (Å²) in [6.07, 6.45) is 0. The van der Waals surface area contributed by atoms with Gasteiger partial charge in [0, 0.05) is 13.1 Å². The van der Waals surface area contributed by atoms with Crippen LogP contribution in [0.5, 0.6) is 11.5 Å². The van der Waals surface area contributed by atoms with Gasteiger partial charge in [0.05, 0.1) is 32.0 Å². The molecule has 0 aliphatic heterocycles. The number of rotatable bonds is 11. The molecule has 0 fully saturated rings. The summed E-state index contributed by atoms with van der Waals surface area (Å²) < 4.78 is 10.6. The topological polar surface area (TPSA) is 79.9 Å². The minimum atomic E-state index is -0.192. The van der Waals surface area contributed by atoms with E-state index in [1.165, 1.54) is 0 Å². The fourth-order valence-electron chi connectivity index (χ4n) is 3.09. The number of carbonyl (C=O) groups is 2. The third-order valence-electron chi connectivity index (χ3n) is 4.79. The fourth-order valence-corrected chi connectivity index (χ4v) is 3.09. The van der Waals surface area contributed by atoms with Gasteiger partial charge in [-0.2, -0.15) is 0 Å². The Bertz CT molecular complexity index is 883. The standard InChI is InChI=1S/C24H33N3O4/c1-6-27(15-18-11-12-21(30-4)22(13-18)31-5)16-23(28)26-20-10-8-7-9-19(20)24(29)25-14-17(2)3/h7-13,17H,6,14-16H2,1-5H3,(H,25,29)(H,26,28). The Hall–Kier alpha value is -3.06. The highest BCUT2D eigenvalue weighted by molar-refractivity contribution is 6.04. The van der Waals surface area contributed by atoms with Crippen molar-refractivity contribution in [1.29, 1.82) is 0 Å². The van der Waals surface area contributed by atoms with E-state index in [0.29, 0.717) is 48.3 Å². The smallest absolute Gasteiger partial charge is 0.253 e. The maximum atomic E-state index is 12.7. The van der Waals surface area contributed by atoms with Gasteiger partial charge >= 0.3 is 0 Å². The lowest BCUT2D eigenvalue weighted by molar-refractivity contribution is -0.117. The van der Waals surface area contributed by atoms with Crippen LogP contribution >= 0.6 is 0 Å². The zero-order chi connectivity index (χ0) is 22.8. The first-order chi connectivity index (χ1) is 14.9. The van der Waals surface area contributed by atoms with Gasteiger partial charge in [-0.25, -0.2) is 0 Å². The summed E-state index contributed by atoms with van der Waals surface area (Å²) >= 11 is 0. The van der Waals surface area contributed by atoms with E-state index in [9.17, 15) is 9.59 Å². The molecule has 0 atom stereocenters. The van der Waals surface area contributed by atoms with Crippen LogP contribution < -0.4 is 20.1 Å². The van der Waals surface area contributed by atoms with Gasteiger partial charge in [0.1, 0.15) is 0 Å². The number of likely N-dealkylation sites (N-methyl/N-ethyl adjacent to an activating group) is 1. The number of amides is 2. The van der Waals surface area contributed by atoms with E-state index in [1.54, 1.807) is 38.5 Å². The molecule has 31 heavy (non-hydrogen) atoms. The second-order valence-electron chi connectivity index (χ2n) is 7.69. The van der Waals surface area contributed by atoms with E-state index in [2.05, 4.69) is 10.6 Å². The van der Waals surface area contributed by atoms with Crippen molar-refractivity contribution in [2.75, 3.05) is 39.2 Å². The van der Waals surface area contributed by atoms with E-state index >= 15 is 0 Å². The Morgan fingerprint density at radius 3 is 2.39 bits per heavy atom. The first-order valence-electron chi connectivity index (χ1n) is 10.5. The van der Waals surface area contributed by atoms with Gasteiger partial charge in [0.15, 0.2) is 11.5 Å². The predicted molar refractivity (Wildman–Crippen MR) is 123 cm³/mol. The molecule has 2 aromatic rings. The molecule has 7 heteroatoms. The molecule has 0 saturated heterocycles. The van der Waals surface area contributed by atoms with E-state index in [4.69, 9.17) is 9.47 Å². The number of hydrogen-bond donors (Lipinski definition) is 2. The number of benzene rings is 2. The second kappa shape index (κ2) is 12.0. The van der Waals surface area contributed by atoms with Gasteiger partial charge in [-0.3, -0.25) is 14.5 Å². The highest BCUT2D eigenvalue weighted by atomic mass is 16.5. The number of methoxy groups -OCH3 is 2. The van der Waals surface area contributed by atoms with Crippen molar-refractivity contribution in [3.63, 3.8) is 0 Å². The molecule has 0 bridgehead atoms. The van der Waals surface area contributed by atoms with Crippen molar-refractivity contribution in [3.8, 4) is 11.5 Å². The number of anilines is 1. The molecule has 0 aliphatic carbocycles. The Morgan fingerprint density at radius 2 is 1.74 bits per heavy atom. The molecule has 0 radical (unpaired) electrons. The first-order valence-corrected chi connectivity index (χ1v) is 10.5. The van der Waals surface area contributed by atoms with Gasteiger partial charge in [-0.15, -0.1) is 0 Å². The summed E-state index contributed by atoms with van der Waals surface area (Å²) in [5.74, 6) is 1.30. The fraction of sp³-hybridized carbons (Fsp3) is 0.417. The molecule has 0 aromatic heterocycles. The average molecular weight is 428 g/mol. The lowest BCUT2D eigenvalue weighted by Crippen LogP contribution is -2.33. The number of ether oxygens (including phenoxy) is 2. The van der Waals surface area contributed by atoms with Crippen LogP contribution in [-0.2, 0) is 11.3 Å². The Morgan fingerprint density at radius 1 is 1.03 bits per heavy atom. The van der Waals surface area contributed by atoms with Gasteiger partial charge < -0.3 is 20.1 Å². The van der Waals surface area contributed by atoms with E-state index < -0.39 is 0 Å². The van der Waals surface area contributed by atoms with Crippen LogP contribution in [0.15, 0.2) is 42.5 Å². The molecule has 168 valence electrons. The summed E-state index contributed by atoms with van der Waals surface area (Å²) in [4.78, 5) is 27.2. The highest BCUT2D eigenvalue weighted by Crippen LogP contribution is 2.28. The predicted octanol–water partition coefficient (Wildman–Crippen LogP) is 3.55. The summed E-state index contributed by atoms with van der Waals surface area (Å²) in [5, 5.41) is 5.78. The van der Waals surface area contributed by atoms with Crippen LogP contribution in [0.3, 0.4) is 0 Å². The molecule has 0 spiro atoms. The monoisotopic (exact) mass is 427 g/mol. The minimum absolute atomic E-state index is 0.175. The normalized spacial score (nSPS) is 10.8. The van der Waals surface area contributed by atoms with E-state index in [-0.39, 0.29) is 18.4 Å². The van der Waals surface area contributed by atoms with Crippen LogP contribution in [0, 0.1) is 5.92 Å². The van der Waals surface area contributed by atoms with Crippen LogP contribution in [-0.4, -0.2) is 50.6 Å². The molecular formula is C24H33N3O4. The quantitative estimate of drug-likeness (QED) is 0.573. The lowest BCUT2D eigenvalue weighted by Gasteiger charge is -2.21. The van der Waals surface area contributed by atoms with Gasteiger partial charge in [0.2, 0.25) is 5.91 Å². The molecule has 0 unspecified atom stereocenters. The zero-order valence-corrected chi connectivity index (χ0v) is 19.0. The Balaban J connectivity index is 2.03. The highest BCUT2D eigenvalue weighted by Gasteiger charge is 2.16. The third kappa shape index (κ3) is 7.29. The van der Waals surface area contributed by atoms with Crippen molar-refractivity contribution in [2.24, 2.45) is 5.92 Å². The van der Waals surface area contributed by atoms with Crippen LogP contribution in [0.25, 0.3) is 0 Å². The second-order valence-corrected chi connectivity index (χ2v) is 7.69. The van der Waals surface area contributed by atoms with Crippen molar-refractivity contribution >= 4 is 17.5 Å². The molecular weight excluding hydrogens is 394 g/mol. The zero-order valence-electron chi connectivity index (χ0n) is 19.0. The molecule has 7 nitrogen and oxygen atoms in total. The molecule has 0 heterocycles. The van der Waals surface area contributed by atoms with Gasteiger partial charge in [-0.05, 0) is 42.3 Å². The van der Waals surface area contributed by atoms with Gasteiger partial charge in [-0.1, -0.05) is 39.0 Å². The first kappa shape index (κ1) is 24.2. The number of hydrogen-bond acceptors (Lipinski definition) is 5. The van der Waals surface area contributed by atoms with Crippen LogP contribution in [0.1, 0.15) is 36.7 Å². The number of carbonyl (C=O) groups excluding carboxylic acids is 2. The molecule has 2 N–H and O–H groups in total. The van der Waals surface area contributed by atoms with Crippen molar-refractivity contribution in [2.45, 2.75) is 27.3 Å². The summed E-state index contributed by atoms with van der Waals surface area (Å²) in [6, 6.07) is 12.8. The number of nitrogens with one attached hydrogen (secondary N) is 2. The van der Waals surface area contributed by atoms with Crippen molar-refractivity contribution in [1.82, 2.24) is 10.2 Å². The molecule has 2 amide bonds. The van der Waals surface area contributed by atoms with Gasteiger partial charge in [0.25, 0.3) is 5.91 Å². The summed E-state index contributed by atoms with van der Waals surface area (Å²) in [5.41, 5.74) is 1.98. The number of nitrogens with zero attached hydrogens (tertiary/aromatic N) is 1. The Labute approximate surface area is 184 Å². The largest absolute Gasteiger partial charge is 0.493 e. The van der Waals surface area contributed by atoms with E-state index in [1.807, 2.05) is 43.9 Å². The number of para-hydroxylation sites is 1. The molecule has 0 aliphatic rings. The maximum absolute atomic E-state index is 12.7. The van der Waals surface area contributed by atoms with E-state index in [0.717, 1.165) is 5.56 Å².